The largest absolute Gasteiger partial charge is 0.367 e. The molecular weight excluding hydrogens is 344 g/mol. The number of nitrogens with zero attached hydrogens (tertiary/aromatic N) is 4. The van der Waals surface area contributed by atoms with Gasteiger partial charge >= 0.3 is 0 Å². The average Bonchev–Trinajstić information content (AvgIpc) is 3.14. The number of nitrogens with one attached hydrogen (secondary N) is 3. The van der Waals surface area contributed by atoms with Crippen molar-refractivity contribution in [2.24, 2.45) is 5.73 Å². The maximum absolute atomic E-state index is 12.1. The summed E-state index contributed by atoms with van der Waals surface area (Å²) in [5, 5.41) is 13.8. The fourth-order valence-corrected chi connectivity index (χ4v) is 3.10. The quantitative estimate of drug-likeness (QED) is 0.491. The Labute approximate surface area is 156 Å². The summed E-state index contributed by atoms with van der Waals surface area (Å²) in [5.41, 5.74) is 8.23. The summed E-state index contributed by atoms with van der Waals surface area (Å²) in [5.74, 6) is 1.11. The number of aromatic nitrogens is 4. The average molecular weight is 366 g/mol. The van der Waals surface area contributed by atoms with Crippen LogP contribution < -0.4 is 21.7 Å². The molecule has 3 heterocycles. The standard InChI is InChI=1S/C18H22N8O/c1-18(2)12-5-4-11(10-13(12)23-16(18)27)22-17-24-15-14(20-7-3-6-19)21-8-9-26(15)25-17/h4-5,8-10H,3,6-7,19H2,1-2H3,(H,20,21)(H,22,25)(H,23,27). The van der Waals surface area contributed by atoms with Gasteiger partial charge in [-0.25, -0.2) is 9.50 Å². The SMILES string of the molecule is CC1(C)C(=O)Nc2cc(Nc3nc4c(NCCCN)nccn4n3)ccc21. The predicted molar refractivity (Wildman–Crippen MR) is 104 cm³/mol. The number of carbonyl (C=O) groups excluding carboxylic acids is 1. The Hall–Kier alpha value is -3.20. The van der Waals surface area contributed by atoms with Crippen LogP contribution in [0.3, 0.4) is 0 Å². The van der Waals surface area contributed by atoms with E-state index in [-0.39, 0.29) is 5.91 Å². The molecule has 2 aromatic heterocycles. The van der Waals surface area contributed by atoms with Crippen LogP contribution in [0.5, 0.6) is 0 Å². The van der Waals surface area contributed by atoms with Crippen molar-refractivity contribution in [3.8, 4) is 0 Å². The zero-order valence-electron chi connectivity index (χ0n) is 15.3. The molecule has 0 spiro atoms. The smallest absolute Gasteiger partial charge is 0.247 e. The number of anilines is 4. The van der Waals surface area contributed by atoms with E-state index in [1.165, 1.54) is 0 Å². The number of rotatable bonds is 6. The summed E-state index contributed by atoms with van der Waals surface area (Å²) in [6.45, 7) is 5.16. The third kappa shape index (κ3) is 3.06. The Morgan fingerprint density at radius 1 is 1.33 bits per heavy atom. The van der Waals surface area contributed by atoms with E-state index in [9.17, 15) is 4.79 Å². The third-order valence-corrected chi connectivity index (χ3v) is 4.69. The van der Waals surface area contributed by atoms with Gasteiger partial charge in [-0.1, -0.05) is 6.07 Å². The van der Waals surface area contributed by atoms with Gasteiger partial charge in [0.2, 0.25) is 11.9 Å². The zero-order valence-corrected chi connectivity index (χ0v) is 15.3. The Morgan fingerprint density at radius 3 is 3.00 bits per heavy atom. The van der Waals surface area contributed by atoms with Crippen molar-refractivity contribution in [3.63, 3.8) is 0 Å². The molecular formula is C18H22N8O. The molecule has 0 bridgehead atoms. The summed E-state index contributed by atoms with van der Waals surface area (Å²) in [6, 6.07) is 5.77. The molecule has 0 atom stereocenters. The first-order chi connectivity index (χ1) is 13.0. The number of hydrogen-bond acceptors (Lipinski definition) is 7. The highest BCUT2D eigenvalue weighted by Crippen LogP contribution is 2.38. The number of amides is 1. The molecule has 1 aliphatic rings. The molecule has 1 aromatic carbocycles. The van der Waals surface area contributed by atoms with Crippen molar-refractivity contribution in [2.45, 2.75) is 25.7 Å². The summed E-state index contributed by atoms with van der Waals surface area (Å²) in [6.07, 6.45) is 4.26. The second-order valence-electron chi connectivity index (χ2n) is 7.01. The van der Waals surface area contributed by atoms with Crippen molar-refractivity contribution in [1.29, 1.82) is 0 Å². The van der Waals surface area contributed by atoms with Crippen LogP contribution >= 0.6 is 0 Å². The molecule has 9 heteroatoms. The Kier molecular flexibility index (Phi) is 4.15. The van der Waals surface area contributed by atoms with Crippen LogP contribution in [0.15, 0.2) is 30.6 Å². The topological polar surface area (TPSA) is 122 Å². The third-order valence-electron chi connectivity index (χ3n) is 4.69. The minimum Gasteiger partial charge on any atom is -0.367 e. The first-order valence-corrected chi connectivity index (χ1v) is 8.87. The van der Waals surface area contributed by atoms with Gasteiger partial charge in [0, 0.05) is 30.3 Å². The molecule has 0 radical (unpaired) electrons. The predicted octanol–water partition coefficient (Wildman–Crippen LogP) is 1.86. The van der Waals surface area contributed by atoms with Gasteiger partial charge in [0.1, 0.15) is 0 Å². The molecule has 0 saturated heterocycles. The molecule has 9 nitrogen and oxygen atoms in total. The van der Waals surface area contributed by atoms with Crippen LogP contribution in [0.25, 0.3) is 5.65 Å². The fourth-order valence-electron chi connectivity index (χ4n) is 3.10. The second kappa shape index (κ2) is 6.51. The van der Waals surface area contributed by atoms with Gasteiger partial charge in [-0.3, -0.25) is 4.79 Å². The zero-order chi connectivity index (χ0) is 19.0. The Bertz CT molecular complexity index is 1010. The Balaban J connectivity index is 1.59. The van der Waals surface area contributed by atoms with E-state index in [1.54, 1.807) is 16.9 Å². The van der Waals surface area contributed by atoms with Gasteiger partial charge in [0.25, 0.3) is 0 Å². The molecule has 4 rings (SSSR count). The van der Waals surface area contributed by atoms with Crippen LogP contribution in [0.2, 0.25) is 0 Å². The number of benzene rings is 1. The highest BCUT2D eigenvalue weighted by atomic mass is 16.2. The van der Waals surface area contributed by atoms with Crippen LogP contribution in [-0.2, 0) is 10.2 Å². The van der Waals surface area contributed by atoms with Crippen molar-refractivity contribution < 1.29 is 4.79 Å². The Morgan fingerprint density at radius 2 is 2.19 bits per heavy atom. The van der Waals surface area contributed by atoms with E-state index in [1.807, 2.05) is 32.0 Å². The molecule has 3 aromatic rings. The molecule has 0 saturated carbocycles. The maximum atomic E-state index is 12.1. The monoisotopic (exact) mass is 366 g/mol. The van der Waals surface area contributed by atoms with Crippen LogP contribution in [0, 0.1) is 0 Å². The molecule has 1 aliphatic heterocycles. The normalized spacial score (nSPS) is 14.9. The molecule has 0 aliphatic carbocycles. The van der Waals surface area contributed by atoms with Gasteiger partial charge in [-0.05, 0) is 44.5 Å². The van der Waals surface area contributed by atoms with Crippen molar-refractivity contribution >= 4 is 34.7 Å². The lowest BCUT2D eigenvalue weighted by Gasteiger charge is -2.14. The summed E-state index contributed by atoms with van der Waals surface area (Å²) < 4.78 is 1.67. The van der Waals surface area contributed by atoms with Crippen LogP contribution in [0.1, 0.15) is 25.8 Å². The van der Waals surface area contributed by atoms with Crippen molar-refractivity contribution in [3.05, 3.63) is 36.2 Å². The number of hydrogen-bond donors (Lipinski definition) is 4. The lowest BCUT2D eigenvalue weighted by atomic mass is 9.86. The molecule has 140 valence electrons. The molecule has 0 fully saturated rings. The first kappa shape index (κ1) is 17.2. The van der Waals surface area contributed by atoms with E-state index < -0.39 is 5.41 Å². The van der Waals surface area contributed by atoms with E-state index in [2.05, 4.69) is 31.0 Å². The molecule has 27 heavy (non-hydrogen) atoms. The summed E-state index contributed by atoms with van der Waals surface area (Å²) in [4.78, 5) is 20.9. The van der Waals surface area contributed by atoms with Gasteiger partial charge in [-0.15, -0.1) is 5.10 Å². The van der Waals surface area contributed by atoms with Gasteiger partial charge in [0.05, 0.1) is 5.41 Å². The van der Waals surface area contributed by atoms with Gasteiger partial charge in [-0.2, -0.15) is 4.98 Å². The highest BCUT2D eigenvalue weighted by Gasteiger charge is 2.38. The lowest BCUT2D eigenvalue weighted by molar-refractivity contribution is -0.119. The second-order valence-corrected chi connectivity index (χ2v) is 7.01. The number of fused-ring (bicyclic) bond motifs is 2. The van der Waals surface area contributed by atoms with E-state index in [0.717, 1.165) is 29.9 Å². The van der Waals surface area contributed by atoms with E-state index in [4.69, 9.17) is 5.73 Å². The van der Waals surface area contributed by atoms with Gasteiger partial charge in [0.15, 0.2) is 11.5 Å². The minimum absolute atomic E-state index is 0.000208. The molecule has 0 unspecified atom stereocenters. The fraction of sp³-hybridized carbons (Fsp3) is 0.333. The van der Waals surface area contributed by atoms with Crippen LogP contribution in [-0.4, -0.2) is 38.6 Å². The van der Waals surface area contributed by atoms with Gasteiger partial charge < -0.3 is 21.7 Å². The molecule has 5 N–H and O–H groups in total. The maximum Gasteiger partial charge on any atom is 0.247 e. The number of carbonyl (C=O) groups is 1. The van der Waals surface area contributed by atoms with E-state index in [0.29, 0.717) is 24.0 Å². The van der Waals surface area contributed by atoms with Crippen LogP contribution in [0.4, 0.5) is 23.1 Å². The van der Waals surface area contributed by atoms with E-state index >= 15 is 0 Å². The summed E-state index contributed by atoms with van der Waals surface area (Å²) >= 11 is 0. The first-order valence-electron chi connectivity index (χ1n) is 8.87. The van der Waals surface area contributed by atoms with Crippen molar-refractivity contribution in [2.75, 3.05) is 29.0 Å². The number of nitrogens with two attached hydrogens (primary N) is 1. The minimum atomic E-state index is -0.523. The summed E-state index contributed by atoms with van der Waals surface area (Å²) in [7, 11) is 0. The van der Waals surface area contributed by atoms with Crippen molar-refractivity contribution in [1.82, 2.24) is 19.6 Å². The molecule has 1 amide bonds. The highest BCUT2D eigenvalue weighted by molar-refractivity contribution is 6.06. The lowest BCUT2D eigenvalue weighted by Crippen LogP contribution is -2.26.